The Hall–Kier alpha value is -1.35. The summed E-state index contributed by atoms with van der Waals surface area (Å²) in [6.07, 6.45) is 0. The summed E-state index contributed by atoms with van der Waals surface area (Å²) in [5.41, 5.74) is -0.594. The van der Waals surface area contributed by atoms with Crippen LogP contribution in [0, 0.1) is 6.92 Å². The molecule has 0 heterocycles. The molecule has 13 heavy (non-hydrogen) atoms. The number of hydrogen-bond donors (Lipinski definition) is 2. The molecular weight excluding hydrogens is 168 g/mol. The number of benzene rings is 1. The molecule has 0 saturated heterocycles. The molecule has 1 rings (SSSR count). The van der Waals surface area contributed by atoms with Crippen molar-refractivity contribution in [2.75, 3.05) is 0 Å². The van der Waals surface area contributed by atoms with Gasteiger partial charge in [-0.3, -0.25) is 0 Å². The summed E-state index contributed by atoms with van der Waals surface area (Å²) in [4.78, 5) is 10.7. The second kappa shape index (κ2) is 3.18. The van der Waals surface area contributed by atoms with Crippen LogP contribution in [0.25, 0.3) is 0 Å². The van der Waals surface area contributed by atoms with E-state index in [0.717, 1.165) is 5.56 Å². The first kappa shape index (κ1) is 9.74. The number of hydrogen-bond acceptors (Lipinski definition) is 2. The van der Waals surface area contributed by atoms with Gasteiger partial charge in [0.2, 0.25) is 0 Å². The molecule has 0 radical (unpaired) electrons. The summed E-state index contributed by atoms with van der Waals surface area (Å²) in [5, 5.41) is 18.4. The van der Waals surface area contributed by atoms with Crippen LogP contribution in [0.15, 0.2) is 24.3 Å². The number of rotatable bonds is 2. The third-order valence-corrected chi connectivity index (χ3v) is 2.09. The summed E-state index contributed by atoms with van der Waals surface area (Å²) in [7, 11) is 0. The van der Waals surface area contributed by atoms with Crippen molar-refractivity contribution in [3.05, 3.63) is 35.4 Å². The van der Waals surface area contributed by atoms with E-state index in [0.29, 0.717) is 5.56 Å². The van der Waals surface area contributed by atoms with Crippen LogP contribution >= 0.6 is 0 Å². The summed E-state index contributed by atoms with van der Waals surface area (Å²) in [5.74, 6) is -1.23. The van der Waals surface area contributed by atoms with Gasteiger partial charge < -0.3 is 10.2 Å². The number of aliphatic hydroxyl groups is 1. The van der Waals surface area contributed by atoms with Gasteiger partial charge in [-0.05, 0) is 25.0 Å². The van der Waals surface area contributed by atoms with Crippen molar-refractivity contribution in [1.29, 1.82) is 0 Å². The Labute approximate surface area is 76.6 Å². The van der Waals surface area contributed by atoms with E-state index in [1.165, 1.54) is 6.92 Å². The van der Waals surface area contributed by atoms with Crippen molar-refractivity contribution >= 4 is 5.97 Å². The second-order valence-corrected chi connectivity index (χ2v) is 3.19. The van der Waals surface area contributed by atoms with E-state index in [4.69, 9.17) is 5.11 Å². The van der Waals surface area contributed by atoms with Crippen LogP contribution in [0.2, 0.25) is 0 Å². The van der Waals surface area contributed by atoms with E-state index in [-0.39, 0.29) is 0 Å². The topological polar surface area (TPSA) is 57.5 Å². The average Bonchev–Trinajstić information content (AvgIpc) is 2.04. The largest absolute Gasteiger partial charge is 0.479 e. The standard InChI is InChI=1S/C10H12O3/c1-7-5-3-4-6-8(7)10(2,13)9(11)12/h3-6,13H,1-2H3,(H,11,12). The molecule has 0 aliphatic carbocycles. The van der Waals surface area contributed by atoms with E-state index < -0.39 is 11.6 Å². The van der Waals surface area contributed by atoms with E-state index in [9.17, 15) is 9.90 Å². The highest BCUT2D eigenvalue weighted by Crippen LogP contribution is 2.23. The van der Waals surface area contributed by atoms with Crippen LogP contribution in [-0.2, 0) is 10.4 Å². The predicted octanol–water partition coefficient (Wildman–Crippen LogP) is 1.29. The van der Waals surface area contributed by atoms with Gasteiger partial charge in [0.15, 0.2) is 5.60 Å². The van der Waals surface area contributed by atoms with Crippen LogP contribution in [0.3, 0.4) is 0 Å². The van der Waals surface area contributed by atoms with Crippen LogP contribution in [0.1, 0.15) is 18.1 Å². The molecule has 1 unspecified atom stereocenters. The van der Waals surface area contributed by atoms with E-state index in [2.05, 4.69) is 0 Å². The van der Waals surface area contributed by atoms with Gasteiger partial charge in [-0.2, -0.15) is 0 Å². The Bertz CT molecular complexity index is 329. The lowest BCUT2D eigenvalue weighted by Gasteiger charge is -2.20. The molecule has 0 aliphatic rings. The van der Waals surface area contributed by atoms with Crippen LogP contribution in [0.5, 0.6) is 0 Å². The van der Waals surface area contributed by atoms with Crippen molar-refractivity contribution in [3.8, 4) is 0 Å². The number of carboxylic acid groups (broad SMARTS) is 1. The molecule has 0 amide bonds. The molecule has 0 bridgehead atoms. The van der Waals surface area contributed by atoms with Crippen molar-refractivity contribution in [2.45, 2.75) is 19.4 Å². The zero-order chi connectivity index (χ0) is 10.1. The first-order valence-corrected chi connectivity index (χ1v) is 3.98. The molecular formula is C10H12O3. The van der Waals surface area contributed by atoms with Crippen molar-refractivity contribution in [1.82, 2.24) is 0 Å². The lowest BCUT2D eigenvalue weighted by Crippen LogP contribution is -2.32. The fourth-order valence-electron chi connectivity index (χ4n) is 1.23. The summed E-state index contributed by atoms with van der Waals surface area (Å²) in [6.45, 7) is 3.05. The minimum absolute atomic E-state index is 0.433. The number of aliphatic carboxylic acids is 1. The summed E-state index contributed by atoms with van der Waals surface area (Å²) >= 11 is 0. The minimum Gasteiger partial charge on any atom is -0.479 e. The smallest absolute Gasteiger partial charge is 0.340 e. The summed E-state index contributed by atoms with van der Waals surface area (Å²) in [6, 6.07) is 6.90. The lowest BCUT2D eigenvalue weighted by atomic mass is 9.92. The number of carbonyl (C=O) groups is 1. The maximum Gasteiger partial charge on any atom is 0.340 e. The zero-order valence-corrected chi connectivity index (χ0v) is 7.61. The molecule has 0 aromatic heterocycles. The molecule has 3 nitrogen and oxygen atoms in total. The average molecular weight is 180 g/mol. The van der Waals surface area contributed by atoms with Gasteiger partial charge in [0.1, 0.15) is 0 Å². The minimum atomic E-state index is -1.80. The van der Waals surface area contributed by atoms with Gasteiger partial charge in [0.05, 0.1) is 0 Å². The third-order valence-electron chi connectivity index (χ3n) is 2.09. The van der Waals surface area contributed by atoms with Gasteiger partial charge >= 0.3 is 5.97 Å². The molecule has 1 atom stereocenters. The molecule has 0 aliphatic heterocycles. The maximum absolute atomic E-state index is 10.7. The Morgan fingerprint density at radius 2 is 1.92 bits per heavy atom. The molecule has 0 saturated carbocycles. The highest BCUT2D eigenvalue weighted by atomic mass is 16.4. The molecule has 2 N–H and O–H groups in total. The molecule has 3 heteroatoms. The van der Waals surface area contributed by atoms with Crippen molar-refractivity contribution < 1.29 is 15.0 Å². The Morgan fingerprint density at radius 3 is 2.38 bits per heavy atom. The molecule has 0 spiro atoms. The number of aryl methyl sites for hydroxylation is 1. The van der Waals surface area contributed by atoms with Crippen molar-refractivity contribution in [3.63, 3.8) is 0 Å². The van der Waals surface area contributed by atoms with Crippen LogP contribution in [0.4, 0.5) is 0 Å². The highest BCUT2D eigenvalue weighted by molar-refractivity contribution is 5.79. The fourth-order valence-corrected chi connectivity index (χ4v) is 1.23. The van der Waals surface area contributed by atoms with Gasteiger partial charge in [0.25, 0.3) is 0 Å². The zero-order valence-electron chi connectivity index (χ0n) is 7.61. The second-order valence-electron chi connectivity index (χ2n) is 3.19. The Morgan fingerprint density at radius 1 is 1.38 bits per heavy atom. The first-order valence-electron chi connectivity index (χ1n) is 3.98. The molecule has 1 aromatic rings. The van der Waals surface area contributed by atoms with Crippen LogP contribution < -0.4 is 0 Å². The van der Waals surface area contributed by atoms with Gasteiger partial charge in [-0.15, -0.1) is 0 Å². The Balaban J connectivity index is 3.22. The SMILES string of the molecule is Cc1ccccc1C(C)(O)C(=O)O. The molecule has 1 aromatic carbocycles. The van der Waals surface area contributed by atoms with Gasteiger partial charge in [-0.1, -0.05) is 24.3 Å². The van der Waals surface area contributed by atoms with Gasteiger partial charge in [-0.25, -0.2) is 4.79 Å². The normalized spacial score (nSPS) is 15.0. The number of carboxylic acids is 1. The quantitative estimate of drug-likeness (QED) is 0.721. The van der Waals surface area contributed by atoms with E-state index >= 15 is 0 Å². The molecule has 70 valence electrons. The monoisotopic (exact) mass is 180 g/mol. The molecule has 0 fully saturated rings. The van der Waals surface area contributed by atoms with Gasteiger partial charge in [0, 0.05) is 0 Å². The van der Waals surface area contributed by atoms with E-state index in [1.807, 2.05) is 0 Å². The highest BCUT2D eigenvalue weighted by Gasteiger charge is 2.33. The Kier molecular flexibility index (Phi) is 2.38. The summed E-state index contributed by atoms with van der Waals surface area (Å²) < 4.78 is 0. The van der Waals surface area contributed by atoms with E-state index in [1.54, 1.807) is 31.2 Å². The van der Waals surface area contributed by atoms with Crippen molar-refractivity contribution in [2.24, 2.45) is 0 Å². The first-order chi connectivity index (χ1) is 5.96. The lowest BCUT2D eigenvalue weighted by molar-refractivity contribution is -0.157. The predicted molar refractivity (Wildman–Crippen MR) is 48.4 cm³/mol. The van der Waals surface area contributed by atoms with Crippen LogP contribution in [-0.4, -0.2) is 16.2 Å². The third kappa shape index (κ3) is 1.70. The fraction of sp³-hybridized carbons (Fsp3) is 0.300. The maximum atomic E-state index is 10.7.